The van der Waals surface area contributed by atoms with Crippen LogP contribution in [0, 0.1) is 0 Å². The Kier molecular flexibility index (Phi) is 5.49. The highest BCUT2D eigenvalue weighted by atomic mass is 16.5. The summed E-state index contributed by atoms with van der Waals surface area (Å²) in [5.74, 6) is 0.983. The van der Waals surface area contributed by atoms with Gasteiger partial charge >= 0.3 is 0 Å². The van der Waals surface area contributed by atoms with Crippen LogP contribution in [0.15, 0.2) is 54.6 Å². The van der Waals surface area contributed by atoms with Gasteiger partial charge in [0.2, 0.25) is 0 Å². The van der Waals surface area contributed by atoms with Crippen molar-refractivity contribution in [1.29, 1.82) is 0 Å². The zero-order valence-corrected chi connectivity index (χ0v) is 11.6. The fourth-order valence-electron chi connectivity index (χ4n) is 2.02. The molecule has 2 aromatic carbocycles. The molecular formula is C18H22O. The van der Waals surface area contributed by atoms with E-state index in [1.807, 2.05) is 0 Å². The molecule has 0 unspecified atom stereocenters. The van der Waals surface area contributed by atoms with Gasteiger partial charge in [0.1, 0.15) is 5.75 Å². The van der Waals surface area contributed by atoms with Gasteiger partial charge in [-0.15, -0.1) is 0 Å². The lowest BCUT2D eigenvalue weighted by atomic mass is 10.0. The van der Waals surface area contributed by atoms with Crippen LogP contribution in [-0.2, 0) is 12.8 Å². The minimum absolute atomic E-state index is 0.819. The van der Waals surface area contributed by atoms with Crippen LogP contribution in [-0.4, -0.2) is 6.61 Å². The molecule has 0 aliphatic heterocycles. The van der Waals surface area contributed by atoms with Crippen molar-refractivity contribution < 1.29 is 4.74 Å². The van der Waals surface area contributed by atoms with E-state index < -0.39 is 0 Å². The van der Waals surface area contributed by atoms with Crippen molar-refractivity contribution in [1.82, 2.24) is 0 Å². The summed E-state index contributed by atoms with van der Waals surface area (Å²) in [6, 6.07) is 19.1. The maximum Gasteiger partial charge on any atom is 0.119 e. The zero-order valence-electron chi connectivity index (χ0n) is 11.6. The van der Waals surface area contributed by atoms with Crippen molar-refractivity contribution in [2.45, 2.75) is 32.6 Å². The first kappa shape index (κ1) is 13.7. The first-order valence-electron chi connectivity index (χ1n) is 7.14. The minimum atomic E-state index is 0.819. The molecule has 0 spiro atoms. The molecule has 19 heavy (non-hydrogen) atoms. The molecule has 0 aliphatic rings. The standard InChI is InChI=1S/C18H22O/c1-2-3-15-19-18-13-11-17(12-14-18)10-9-16-7-5-4-6-8-16/h4-8,11-14H,2-3,9-10,15H2,1H3. The van der Waals surface area contributed by atoms with Gasteiger partial charge in [-0.25, -0.2) is 0 Å². The highest BCUT2D eigenvalue weighted by Gasteiger charge is 1.97. The van der Waals surface area contributed by atoms with E-state index in [0.29, 0.717) is 0 Å². The molecule has 0 aromatic heterocycles. The van der Waals surface area contributed by atoms with Crippen molar-refractivity contribution in [2.24, 2.45) is 0 Å². The second-order valence-electron chi connectivity index (χ2n) is 4.83. The molecular weight excluding hydrogens is 232 g/mol. The van der Waals surface area contributed by atoms with Crippen LogP contribution in [0.4, 0.5) is 0 Å². The maximum absolute atomic E-state index is 5.66. The van der Waals surface area contributed by atoms with E-state index in [9.17, 15) is 0 Å². The Morgan fingerprint density at radius 2 is 1.42 bits per heavy atom. The summed E-state index contributed by atoms with van der Waals surface area (Å²) in [7, 11) is 0. The quantitative estimate of drug-likeness (QED) is 0.653. The van der Waals surface area contributed by atoms with Crippen LogP contribution in [0.3, 0.4) is 0 Å². The normalized spacial score (nSPS) is 10.4. The number of hydrogen-bond acceptors (Lipinski definition) is 1. The lowest BCUT2D eigenvalue weighted by molar-refractivity contribution is 0.309. The highest BCUT2D eigenvalue weighted by molar-refractivity contribution is 5.28. The molecule has 2 rings (SSSR count). The summed E-state index contributed by atoms with van der Waals surface area (Å²) in [5, 5.41) is 0. The summed E-state index contributed by atoms with van der Waals surface area (Å²) in [5.41, 5.74) is 2.76. The molecule has 0 aliphatic carbocycles. The Balaban J connectivity index is 1.81. The lowest BCUT2D eigenvalue weighted by Gasteiger charge is -2.06. The zero-order chi connectivity index (χ0) is 13.3. The van der Waals surface area contributed by atoms with Crippen LogP contribution in [0.1, 0.15) is 30.9 Å². The summed E-state index contributed by atoms with van der Waals surface area (Å²) in [6.45, 7) is 3.00. The predicted octanol–water partition coefficient (Wildman–Crippen LogP) is 4.65. The molecule has 0 heterocycles. The third kappa shape index (κ3) is 4.78. The minimum Gasteiger partial charge on any atom is -0.494 e. The van der Waals surface area contributed by atoms with Crippen molar-refractivity contribution >= 4 is 0 Å². The Morgan fingerprint density at radius 1 is 0.789 bits per heavy atom. The molecule has 1 nitrogen and oxygen atoms in total. The van der Waals surface area contributed by atoms with Crippen LogP contribution in [0.5, 0.6) is 5.75 Å². The van der Waals surface area contributed by atoms with Crippen molar-refractivity contribution in [3.63, 3.8) is 0 Å². The molecule has 2 aromatic rings. The Hall–Kier alpha value is -1.76. The van der Waals surface area contributed by atoms with Gasteiger partial charge < -0.3 is 4.74 Å². The second kappa shape index (κ2) is 7.63. The fourth-order valence-corrected chi connectivity index (χ4v) is 2.02. The van der Waals surface area contributed by atoms with E-state index in [-0.39, 0.29) is 0 Å². The summed E-state index contributed by atoms with van der Waals surface area (Å²) in [6.07, 6.45) is 4.47. The van der Waals surface area contributed by atoms with Gasteiger partial charge in [0, 0.05) is 0 Å². The van der Waals surface area contributed by atoms with Crippen molar-refractivity contribution in [3.8, 4) is 5.75 Å². The summed E-state index contributed by atoms with van der Waals surface area (Å²) < 4.78 is 5.66. The SMILES string of the molecule is CCCCOc1ccc(CCc2ccccc2)cc1. The first-order chi connectivity index (χ1) is 9.38. The topological polar surface area (TPSA) is 9.23 Å². The number of unbranched alkanes of at least 4 members (excludes halogenated alkanes) is 1. The fraction of sp³-hybridized carbons (Fsp3) is 0.333. The maximum atomic E-state index is 5.66. The Morgan fingerprint density at radius 3 is 2.05 bits per heavy atom. The first-order valence-corrected chi connectivity index (χ1v) is 7.14. The van der Waals surface area contributed by atoms with E-state index in [2.05, 4.69) is 61.5 Å². The van der Waals surface area contributed by atoms with Crippen LogP contribution in [0.2, 0.25) is 0 Å². The van der Waals surface area contributed by atoms with E-state index in [1.165, 1.54) is 17.5 Å². The monoisotopic (exact) mass is 254 g/mol. The molecule has 0 atom stereocenters. The number of ether oxygens (including phenoxy) is 1. The second-order valence-corrected chi connectivity index (χ2v) is 4.83. The number of benzene rings is 2. The van der Waals surface area contributed by atoms with E-state index in [0.717, 1.165) is 31.6 Å². The predicted molar refractivity (Wildman–Crippen MR) is 80.7 cm³/mol. The van der Waals surface area contributed by atoms with E-state index in [1.54, 1.807) is 0 Å². The van der Waals surface area contributed by atoms with Gasteiger partial charge in [-0.05, 0) is 42.5 Å². The Labute approximate surface area is 116 Å². The van der Waals surface area contributed by atoms with Gasteiger partial charge in [0.05, 0.1) is 6.61 Å². The molecule has 0 bridgehead atoms. The molecule has 0 N–H and O–H groups in total. The average molecular weight is 254 g/mol. The summed E-state index contributed by atoms with van der Waals surface area (Å²) in [4.78, 5) is 0. The largest absolute Gasteiger partial charge is 0.494 e. The van der Waals surface area contributed by atoms with Crippen LogP contribution >= 0.6 is 0 Å². The van der Waals surface area contributed by atoms with Gasteiger partial charge in [0.25, 0.3) is 0 Å². The van der Waals surface area contributed by atoms with Crippen molar-refractivity contribution in [2.75, 3.05) is 6.61 Å². The van der Waals surface area contributed by atoms with E-state index in [4.69, 9.17) is 4.74 Å². The lowest BCUT2D eigenvalue weighted by Crippen LogP contribution is -1.97. The smallest absolute Gasteiger partial charge is 0.119 e. The van der Waals surface area contributed by atoms with E-state index >= 15 is 0 Å². The Bertz CT molecular complexity index is 459. The number of rotatable bonds is 7. The molecule has 0 fully saturated rings. The van der Waals surface area contributed by atoms with Gasteiger partial charge in [-0.3, -0.25) is 0 Å². The van der Waals surface area contributed by atoms with Crippen LogP contribution < -0.4 is 4.74 Å². The highest BCUT2D eigenvalue weighted by Crippen LogP contribution is 2.14. The van der Waals surface area contributed by atoms with Crippen LogP contribution in [0.25, 0.3) is 0 Å². The molecule has 0 radical (unpaired) electrons. The molecule has 0 saturated heterocycles. The third-order valence-electron chi connectivity index (χ3n) is 3.24. The molecule has 0 amide bonds. The van der Waals surface area contributed by atoms with Gasteiger partial charge in [0.15, 0.2) is 0 Å². The third-order valence-corrected chi connectivity index (χ3v) is 3.24. The summed E-state index contributed by atoms with van der Waals surface area (Å²) >= 11 is 0. The molecule has 0 saturated carbocycles. The average Bonchev–Trinajstić information content (AvgIpc) is 2.48. The van der Waals surface area contributed by atoms with Gasteiger partial charge in [-0.1, -0.05) is 55.8 Å². The van der Waals surface area contributed by atoms with Gasteiger partial charge in [-0.2, -0.15) is 0 Å². The van der Waals surface area contributed by atoms with Crippen molar-refractivity contribution in [3.05, 3.63) is 65.7 Å². The number of hydrogen-bond donors (Lipinski definition) is 0. The molecule has 100 valence electrons. The molecule has 1 heteroatoms. The number of aryl methyl sites for hydroxylation is 2.